The molecule has 1 aromatic heterocycles. The molecule has 5 rings (SSSR count). The minimum absolute atomic E-state index is 0.159. The van der Waals surface area contributed by atoms with Gasteiger partial charge in [-0.1, -0.05) is 12.8 Å². The van der Waals surface area contributed by atoms with Crippen LogP contribution in [-0.2, 0) is 0 Å². The van der Waals surface area contributed by atoms with Crippen molar-refractivity contribution in [1.29, 1.82) is 0 Å². The van der Waals surface area contributed by atoms with Gasteiger partial charge in [-0.2, -0.15) is 0 Å². The first kappa shape index (κ1) is 21.4. The van der Waals surface area contributed by atoms with E-state index in [0.717, 1.165) is 22.5 Å². The number of nitrogens with one attached hydrogen (secondary N) is 1. The number of carbonyl (C=O) groups excluding carboxylic acids is 1. The van der Waals surface area contributed by atoms with Gasteiger partial charge in [0.15, 0.2) is 0 Å². The molecule has 9 heteroatoms. The van der Waals surface area contributed by atoms with Crippen molar-refractivity contribution < 1.29 is 18.7 Å². The standard InChI is InChI=1S/C24H20F2N4O2S/c25-14-5-8-18(19(26)11-14)24(32)27-15-6-10-22(23(31)12-15)30-28-20-9-7-17(13-21(20)29-30)33-16-3-1-2-4-16/h5-13,16,31H,1-4H2,(H,27,32). The van der Waals surface area contributed by atoms with E-state index in [1.807, 2.05) is 30.0 Å². The zero-order valence-corrected chi connectivity index (χ0v) is 18.3. The molecule has 2 N–H and O–H groups in total. The number of phenolic OH excluding ortho intramolecular Hbond substituents is 1. The summed E-state index contributed by atoms with van der Waals surface area (Å²) in [6.45, 7) is 0. The summed E-state index contributed by atoms with van der Waals surface area (Å²) < 4.78 is 26.9. The van der Waals surface area contributed by atoms with Crippen molar-refractivity contribution in [3.05, 3.63) is 71.8 Å². The number of rotatable bonds is 5. The van der Waals surface area contributed by atoms with Gasteiger partial charge in [0.2, 0.25) is 0 Å². The molecule has 0 bridgehead atoms. The number of nitrogens with zero attached hydrogens (tertiary/aromatic N) is 3. The van der Waals surface area contributed by atoms with Crippen LogP contribution < -0.4 is 5.32 Å². The third kappa shape index (κ3) is 4.54. The Morgan fingerprint density at radius 2 is 1.79 bits per heavy atom. The van der Waals surface area contributed by atoms with Crippen molar-refractivity contribution in [1.82, 2.24) is 15.0 Å². The molecule has 1 aliphatic carbocycles. The SMILES string of the molecule is O=C(Nc1ccc(-n2nc3ccc(SC4CCCC4)cc3n2)c(O)c1)c1ccc(F)cc1F. The molecule has 168 valence electrons. The number of hydrogen-bond acceptors (Lipinski definition) is 5. The minimum Gasteiger partial charge on any atom is -0.506 e. The highest BCUT2D eigenvalue weighted by Crippen LogP contribution is 2.35. The Labute approximate surface area is 192 Å². The number of thioether (sulfide) groups is 1. The van der Waals surface area contributed by atoms with Crippen LogP contribution in [0.2, 0.25) is 0 Å². The molecule has 0 aliphatic heterocycles. The van der Waals surface area contributed by atoms with E-state index in [4.69, 9.17) is 0 Å². The maximum atomic E-state index is 13.8. The van der Waals surface area contributed by atoms with E-state index in [0.29, 0.717) is 22.5 Å². The van der Waals surface area contributed by atoms with Crippen LogP contribution in [0.4, 0.5) is 14.5 Å². The number of anilines is 1. The van der Waals surface area contributed by atoms with Gasteiger partial charge in [0.05, 0.1) is 5.56 Å². The average molecular weight is 467 g/mol. The van der Waals surface area contributed by atoms with Crippen LogP contribution in [-0.4, -0.2) is 31.3 Å². The molecular weight excluding hydrogens is 446 g/mol. The molecule has 0 atom stereocenters. The number of halogens is 2. The van der Waals surface area contributed by atoms with E-state index in [9.17, 15) is 18.7 Å². The monoisotopic (exact) mass is 466 g/mol. The fourth-order valence-corrected chi connectivity index (χ4v) is 5.20. The van der Waals surface area contributed by atoms with Crippen molar-refractivity contribution in [3.63, 3.8) is 0 Å². The van der Waals surface area contributed by atoms with Gasteiger partial charge in [0, 0.05) is 28.0 Å². The predicted octanol–water partition coefficient (Wildman–Crippen LogP) is 5.69. The largest absolute Gasteiger partial charge is 0.506 e. The lowest BCUT2D eigenvalue weighted by molar-refractivity contribution is 0.102. The van der Waals surface area contributed by atoms with E-state index < -0.39 is 17.5 Å². The van der Waals surface area contributed by atoms with Crippen LogP contribution in [0.1, 0.15) is 36.0 Å². The first-order valence-corrected chi connectivity index (χ1v) is 11.5. The van der Waals surface area contributed by atoms with Gasteiger partial charge in [-0.15, -0.1) is 26.8 Å². The van der Waals surface area contributed by atoms with Crippen molar-refractivity contribution in [2.75, 3.05) is 5.32 Å². The van der Waals surface area contributed by atoms with Crippen molar-refractivity contribution in [2.24, 2.45) is 0 Å². The number of fused-ring (bicyclic) bond motifs is 1. The van der Waals surface area contributed by atoms with Crippen LogP contribution >= 0.6 is 11.8 Å². The van der Waals surface area contributed by atoms with E-state index in [1.54, 1.807) is 12.1 Å². The van der Waals surface area contributed by atoms with E-state index in [1.165, 1.54) is 36.5 Å². The molecule has 0 unspecified atom stereocenters. The van der Waals surface area contributed by atoms with Crippen molar-refractivity contribution in [3.8, 4) is 11.4 Å². The van der Waals surface area contributed by atoms with Gasteiger partial charge < -0.3 is 10.4 Å². The molecule has 1 saturated carbocycles. The van der Waals surface area contributed by atoms with Crippen molar-refractivity contribution >= 4 is 34.4 Å². The molecule has 0 saturated heterocycles. The Bertz CT molecular complexity index is 1350. The first-order valence-electron chi connectivity index (χ1n) is 10.6. The van der Waals surface area contributed by atoms with Gasteiger partial charge in [0.1, 0.15) is 34.1 Å². The predicted molar refractivity (Wildman–Crippen MR) is 123 cm³/mol. The number of phenols is 1. The quantitative estimate of drug-likeness (QED) is 0.395. The molecule has 1 aliphatic rings. The summed E-state index contributed by atoms with van der Waals surface area (Å²) in [6, 6.07) is 13.1. The average Bonchev–Trinajstić information content (AvgIpc) is 3.43. The number of aromatic hydroxyl groups is 1. The number of aromatic nitrogens is 3. The second-order valence-corrected chi connectivity index (χ2v) is 9.32. The lowest BCUT2D eigenvalue weighted by Gasteiger charge is -2.09. The molecule has 1 fully saturated rings. The minimum atomic E-state index is -0.966. The summed E-state index contributed by atoms with van der Waals surface area (Å²) in [5, 5.41) is 22.6. The Balaban J connectivity index is 1.35. The Hall–Kier alpha value is -3.46. The molecule has 1 amide bonds. The molecule has 1 heterocycles. The molecule has 3 aromatic carbocycles. The Kier molecular flexibility index (Phi) is 5.72. The highest BCUT2D eigenvalue weighted by Gasteiger charge is 2.18. The van der Waals surface area contributed by atoms with E-state index in [2.05, 4.69) is 15.5 Å². The van der Waals surface area contributed by atoms with E-state index >= 15 is 0 Å². The third-order valence-electron chi connectivity index (χ3n) is 5.58. The van der Waals surface area contributed by atoms with Gasteiger partial charge >= 0.3 is 0 Å². The highest BCUT2D eigenvalue weighted by molar-refractivity contribution is 8.00. The maximum absolute atomic E-state index is 13.8. The highest BCUT2D eigenvalue weighted by atomic mass is 32.2. The molecule has 4 aromatic rings. The number of amides is 1. The summed E-state index contributed by atoms with van der Waals surface area (Å²) in [6.07, 6.45) is 5.04. The summed E-state index contributed by atoms with van der Waals surface area (Å²) in [5.74, 6) is -2.65. The number of benzene rings is 3. The fraction of sp³-hybridized carbons (Fsp3) is 0.208. The van der Waals surface area contributed by atoms with Gasteiger partial charge in [-0.05, 0) is 55.3 Å². The lowest BCUT2D eigenvalue weighted by Crippen LogP contribution is -2.14. The van der Waals surface area contributed by atoms with E-state index in [-0.39, 0.29) is 17.0 Å². The molecule has 0 radical (unpaired) electrons. The van der Waals surface area contributed by atoms with Crippen molar-refractivity contribution in [2.45, 2.75) is 35.8 Å². The van der Waals surface area contributed by atoms with Crippen LogP contribution in [0.25, 0.3) is 16.7 Å². The molecule has 0 spiro atoms. The Morgan fingerprint density at radius 3 is 2.55 bits per heavy atom. The normalized spacial score (nSPS) is 14.1. The summed E-state index contributed by atoms with van der Waals surface area (Å²) in [7, 11) is 0. The number of hydrogen-bond donors (Lipinski definition) is 2. The number of carbonyl (C=O) groups is 1. The molecule has 33 heavy (non-hydrogen) atoms. The summed E-state index contributed by atoms with van der Waals surface area (Å²) in [4.78, 5) is 14.8. The Morgan fingerprint density at radius 1 is 1.00 bits per heavy atom. The second-order valence-electron chi connectivity index (χ2n) is 7.95. The summed E-state index contributed by atoms with van der Waals surface area (Å²) in [5.41, 5.74) is 1.71. The van der Waals surface area contributed by atoms with Gasteiger partial charge in [-0.25, -0.2) is 8.78 Å². The smallest absolute Gasteiger partial charge is 0.258 e. The van der Waals surface area contributed by atoms with Gasteiger partial charge in [-0.3, -0.25) is 4.79 Å². The van der Waals surface area contributed by atoms with Crippen LogP contribution in [0.15, 0.2) is 59.5 Å². The second kappa shape index (κ2) is 8.82. The zero-order valence-electron chi connectivity index (χ0n) is 17.5. The van der Waals surface area contributed by atoms with Gasteiger partial charge in [0.25, 0.3) is 5.91 Å². The third-order valence-corrected chi connectivity index (χ3v) is 6.91. The first-order chi connectivity index (χ1) is 16.0. The van der Waals surface area contributed by atoms with Crippen LogP contribution in [0.3, 0.4) is 0 Å². The van der Waals surface area contributed by atoms with Crippen LogP contribution in [0, 0.1) is 11.6 Å². The fourth-order valence-electron chi connectivity index (χ4n) is 3.92. The van der Waals surface area contributed by atoms with Crippen LogP contribution in [0.5, 0.6) is 5.75 Å². The lowest BCUT2D eigenvalue weighted by atomic mass is 10.2. The molecular formula is C24H20F2N4O2S. The maximum Gasteiger partial charge on any atom is 0.258 e. The zero-order chi connectivity index (χ0) is 22.9. The topological polar surface area (TPSA) is 80.0 Å². The summed E-state index contributed by atoms with van der Waals surface area (Å²) >= 11 is 1.87. The molecule has 6 nitrogen and oxygen atoms in total.